The Hall–Kier alpha value is -1.10. The summed E-state index contributed by atoms with van der Waals surface area (Å²) < 4.78 is 5.03. The predicted molar refractivity (Wildman–Crippen MR) is 92.4 cm³/mol. The van der Waals surface area contributed by atoms with Gasteiger partial charge in [0, 0.05) is 38.6 Å². The van der Waals surface area contributed by atoms with Crippen LogP contribution in [0.4, 0.5) is 0 Å². The summed E-state index contributed by atoms with van der Waals surface area (Å²) in [6, 6.07) is 0. The number of methoxy groups -OCH3 is 1. The van der Waals surface area contributed by atoms with E-state index < -0.39 is 0 Å². The number of carbonyl (C=O) groups excluding carboxylic acids is 2. The van der Waals surface area contributed by atoms with Crippen LogP contribution in [0, 0.1) is 17.3 Å². The van der Waals surface area contributed by atoms with Gasteiger partial charge >= 0.3 is 0 Å². The van der Waals surface area contributed by atoms with Gasteiger partial charge in [-0.2, -0.15) is 0 Å². The third-order valence-electron chi connectivity index (χ3n) is 6.46. The van der Waals surface area contributed by atoms with E-state index in [2.05, 4.69) is 5.32 Å². The molecule has 0 aromatic heterocycles. The minimum absolute atomic E-state index is 0.0302. The zero-order chi connectivity index (χ0) is 17.0. The Morgan fingerprint density at radius 2 is 1.88 bits per heavy atom. The van der Waals surface area contributed by atoms with Crippen LogP contribution in [-0.2, 0) is 14.3 Å². The highest BCUT2D eigenvalue weighted by atomic mass is 16.5. The van der Waals surface area contributed by atoms with Crippen LogP contribution in [0.3, 0.4) is 0 Å². The number of hydrogen-bond acceptors (Lipinski definition) is 3. The summed E-state index contributed by atoms with van der Waals surface area (Å²) in [5.41, 5.74) is 0.0302. The van der Waals surface area contributed by atoms with Crippen molar-refractivity contribution in [1.29, 1.82) is 0 Å². The van der Waals surface area contributed by atoms with Gasteiger partial charge in [0.05, 0.1) is 12.5 Å². The number of likely N-dealkylation sites (tertiary alicyclic amines) is 1. The number of ether oxygens (including phenoxy) is 1. The second-order valence-electron chi connectivity index (χ2n) is 8.03. The molecule has 0 bridgehead atoms. The quantitative estimate of drug-likeness (QED) is 0.758. The lowest BCUT2D eigenvalue weighted by atomic mass is 9.76. The topological polar surface area (TPSA) is 58.6 Å². The molecule has 1 unspecified atom stereocenters. The molecule has 0 radical (unpaired) electrons. The molecule has 2 aliphatic carbocycles. The number of nitrogens with one attached hydrogen (secondary N) is 1. The van der Waals surface area contributed by atoms with Gasteiger partial charge in [0.25, 0.3) is 0 Å². The molecule has 3 fully saturated rings. The monoisotopic (exact) mass is 336 g/mol. The van der Waals surface area contributed by atoms with Crippen LogP contribution in [0.15, 0.2) is 0 Å². The molecule has 2 saturated carbocycles. The van der Waals surface area contributed by atoms with E-state index in [1.54, 1.807) is 7.11 Å². The lowest BCUT2D eigenvalue weighted by molar-refractivity contribution is -0.131. The van der Waals surface area contributed by atoms with Crippen molar-refractivity contribution < 1.29 is 14.3 Å². The van der Waals surface area contributed by atoms with Gasteiger partial charge in [-0.1, -0.05) is 25.7 Å². The highest BCUT2D eigenvalue weighted by Crippen LogP contribution is 2.49. The Balaban J connectivity index is 1.62. The minimum Gasteiger partial charge on any atom is -0.383 e. The summed E-state index contributed by atoms with van der Waals surface area (Å²) in [7, 11) is 1.64. The summed E-state index contributed by atoms with van der Waals surface area (Å²) in [6.07, 6.45) is 10.2. The number of hydrogen-bond donors (Lipinski definition) is 1. The standard InChI is InChI=1S/C19H32N2O3/c1-24-11-10-20-18(23)16-13-21(14-19(16)8-4-5-9-19)17(22)12-15-6-2-3-7-15/h15-16H,2-14H2,1H3,(H,20,23). The first kappa shape index (κ1) is 17.7. The van der Waals surface area contributed by atoms with Crippen molar-refractivity contribution in [3.63, 3.8) is 0 Å². The molecule has 1 N–H and O–H groups in total. The van der Waals surface area contributed by atoms with Gasteiger partial charge in [-0.3, -0.25) is 9.59 Å². The van der Waals surface area contributed by atoms with E-state index in [0.29, 0.717) is 32.0 Å². The van der Waals surface area contributed by atoms with Crippen molar-refractivity contribution in [3.05, 3.63) is 0 Å². The van der Waals surface area contributed by atoms with Crippen molar-refractivity contribution in [2.75, 3.05) is 33.4 Å². The first-order valence-corrected chi connectivity index (χ1v) is 9.69. The normalized spacial score (nSPS) is 26.4. The van der Waals surface area contributed by atoms with Crippen LogP contribution in [0.1, 0.15) is 57.8 Å². The van der Waals surface area contributed by atoms with Crippen molar-refractivity contribution in [2.45, 2.75) is 57.8 Å². The molecule has 0 aromatic rings. The third kappa shape index (κ3) is 3.76. The number of amides is 2. The molecule has 3 aliphatic rings. The van der Waals surface area contributed by atoms with Crippen LogP contribution in [0.25, 0.3) is 0 Å². The molecule has 1 atom stereocenters. The Morgan fingerprint density at radius 1 is 1.17 bits per heavy atom. The fourth-order valence-electron chi connectivity index (χ4n) is 5.10. The van der Waals surface area contributed by atoms with Crippen LogP contribution in [-0.4, -0.2) is 50.1 Å². The zero-order valence-electron chi connectivity index (χ0n) is 15.0. The highest BCUT2D eigenvalue weighted by molar-refractivity contribution is 5.83. The maximum absolute atomic E-state index is 12.7. The van der Waals surface area contributed by atoms with Gasteiger partial charge in [-0.05, 0) is 31.6 Å². The number of nitrogens with zero attached hydrogens (tertiary/aromatic N) is 1. The van der Waals surface area contributed by atoms with E-state index in [1.165, 1.54) is 38.5 Å². The molecule has 136 valence electrons. The summed E-state index contributed by atoms with van der Waals surface area (Å²) in [5.74, 6) is 0.932. The molecule has 24 heavy (non-hydrogen) atoms. The van der Waals surface area contributed by atoms with E-state index in [1.807, 2.05) is 4.90 Å². The lowest BCUT2D eigenvalue weighted by Crippen LogP contribution is -2.41. The Kier molecular flexibility index (Phi) is 5.80. The maximum Gasteiger partial charge on any atom is 0.225 e. The predicted octanol–water partition coefficient (Wildman–Crippen LogP) is 2.35. The fraction of sp³-hybridized carbons (Fsp3) is 0.895. The SMILES string of the molecule is COCCNC(=O)C1CN(C(=O)CC2CCCC2)CC12CCCC2. The van der Waals surface area contributed by atoms with Gasteiger partial charge in [-0.25, -0.2) is 0 Å². The van der Waals surface area contributed by atoms with Crippen LogP contribution >= 0.6 is 0 Å². The molecule has 5 heteroatoms. The molecule has 1 spiro atoms. The van der Waals surface area contributed by atoms with E-state index >= 15 is 0 Å². The van der Waals surface area contributed by atoms with E-state index in [-0.39, 0.29) is 23.1 Å². The van der Waals surface area contributed by atoms with E-state index in [9.17, 15) is 9.59 Å². The number of carbonyl (C=O) groups is 2. The maximum atomic E-state index is 12.7. The van der Waals surface area contributed by atoms with Gasteiger partial charge < -0.3 is 15.0 Å². The van der Waals surface area contributed by atoms with Gasteiger partial charge in [0.15, 0.2) is 0 Å². The minimum atomic E-state index is -0.0376. The van der Waals surface area contributed by atoms with Crippen molar-refractivity contribution in [2.24, 2.45) is 17.3 Å². The van der Waals surface area contributed by atoms with Crippen LogP contribution < -0.4 is 5.32 Å². The zero-order valence-corrected chi connectivity index (χ0v) is 15.0. The molecule has 1 aliphatic heterocycles. The summed E-state index contributed by atoms with van der Waals surface area (Å²) in [5, 5.41) is 3.01. The molecular weight excluding hydrogens is 304 g/mol. The average Bonchev–Trinajstić information content (AvgIpc) is 3.30. The van der Waals surface area contributed by atoms with Crippen molar-refractivity contribution >= 4 is 11.8 Å². The lowest BCUT2D eigenvalue weighted by Gasteiger charge is -2.28. The first-order valence-electron chi connectivity index (χ1n) is 9.69. The number of rotatable bonds is 6. The summed E-state index contributed by atoms with van der Waals surface area (Å²) in [6.45, 7) is 2.50. The molecule has 2 amide bonds. The van der Waals surface area contributed by atoms with E-state index in [4.69, 9.17) is 4.74 Å². The summed E-state index contributed by atoms with van der Waals surface area (Å²) in [4.78, 5) is 27.4. The second-order valence-corrected chi connectivity index (χ2v) is 8.03. The van der Waals surface area contributed by atoms with Crippen molar-refractivity contribution in [3.8, 4) is 0 Å². The van der Waals surface area contributed by atoms with Crippen LogP contribution in [0.5, 0.6) is 0 Å². The van der Waals surface area contributed by atoms with Gasteiger partial charge in [0.2, 0.25) is 11.8 Å². The van der Waals surface area contributed by atoms with Crippen LogP contribution in [0.2, 0.25) is 0 Å². The Labute approximate surface area is 145 Å². The van der Waals surface area contributed by atoms with E-state index in [0.717, 1.165) is 19.4 Å². The Morgan fingerprint density at radius 3 is 2.54 bits per heavy atom. The van der Waals surface area contributed by atoms with Gasteiger partial charge in [0.1, 0.15) is 0 Å². The van der Waals surface area contributed by atoms with Crippen molar-refractivity contribution in [1.82, 2.24) is 10.2 Å². The first-order chi connectivity index (χ1) is 11.6. The largest absolute Gasteiger partial charge is 0.383 e. The highest BCUT2D eigenvalue weighted by Gasteiger charge is 2.52. The molecular formula is C19H32N2O3. The molecule has 1 heterocycles. The Bertz CT molecular complexity index is 454. The molecule has 1 saturated heterocycles. The second kappa shape index (κ2) is 7.85. The molecule has 5 nitrogen and oxygen atoms in total. The fourth-order valence-corrected chi connectivity index (χ4v) is 5.10. The third-order valence-corrected chi connectivity index (χ3v) is 6.46. The smallest absolute Gasteiger partial charge is 0.225 e. The molecule has 0 aromatic carbocycles. The van der Waals surface area contributed by atoms with Gasteiger partial charge in [-0.15, -0.1) is 0 Å². The summed E-state index contributed by atoms with van der Waals surface area (Å²) >= 11 is 0. The molecule has 3 rings (SSSR count). The average molecular weight is 336 g/mol.